The number of nitrogens with one attached hydrogen (secondary N) is 2. The number of benzene rings is 1. The van der Waals surface area contributed by atoms with Gasteiger partial charge in [0.15, 0.2) is 6.19 Å². The normalized spacial score (nSPS) is 21.7. The summed E-state index contributed by atoms with van der Waals surface area (Å²) in [6.07, 6.45) is 7.32. The predicted molar refractivity (Wildman–Crippen MR) is 108 cm³/mol. The molecule has 5 rings (SSSR count). The second-order valence-electron chi connectivity index (χ2n) is 7.75. The van der Waals surface area contributed by atoms with Crippen LogP contribution in [-0.2, 0) is 0 Å². The Labute approximate surface area is 177 Å². The molecular weight excluding hydrogens is 399 g/mol. The van der Waals surface area contributed by atoms with Gasteiger partial charge in [-0.3, -0.25) is 14.9 Å². The number of pyridine rings is 1. The van der Waals surface area contributed by atoms with E-state index in [0.717, 1.165) is 12.8 Å². The lowest BCUT2D eigenvalue weighted by molar-refractivity contribution is 0.0924. The van der Waals surface area contributed by atoms with Gasteiger partial charge < -0.3 is 15.0 Å². The number of rotatable bonds is 5. The lowest BCUT2D eigenvalue weighted by atomic mass is 10.1. The molecule has 9 heteroatoms. The Bertz CT molecular complexity index is 1160. The summed E-state index contributed by atoms with van der Waals surface area (Å²) in [6.45, 7) is 0.695. The molecule has 156 valence electrons. The van der Waals surface area contributed by atoms with Crippen LogP contribution in [-0.4, -0.2) is 44.6 Å². The summed E-state index contributed by atoms with van der Waals surface area (Å²) in [6, 6.07) is 9.05. The van der Waals surface area contributed by atoms with Crippen molar-refractivity contribution in [3.63, 3.8) is 0 Å². The molecule has 2 unspecified atom stereocenters. The van der Waals surface area contributed by atoms with Crippen LogP contribution < -0.4 is 10.1 Å². The molecule has 8 nitrogen and oxygen atoms in total. The average Bonchev–Trinajstić information content (AvgIpc) is 3.51. The van der Waals surface area contributed by atoms with Crippen LogP contribution >= 0.6 is 0 Å². The van der Waals surface area contributed by atoms with Crippen LogP contribution in [0.3, 0.4) is 0 Å². The minimum atomic E-state index is -0.348. The molecule has 2 bridgehead atoms. The Morgan fingerprint density at radius 2 is 2.13 bits per heavy atom. The van der Waals surface area contributed by atoms with E-state index in [4.69, 9.17) is 4.74 Å². The second kappa shape index (κ2) is 7.72. The van der Waals surface area contributed by atoms with Crippen molar-refractivity contribution in [1.82, 2.24) is 25.4 Å². The number of amides is 1. The van der Waals surface area contributed by atoms with E-state index in [2.05, 4.69) is 26.7 Å². The SMILES string of the molecule is N#CN1CC2CCC1[C@@H]2NC(=O)c1cc(-c2cnccc2Oc2ccc(F)cc2)n[nH]1. The standard InChI is InChI=1S/C22H19FN6O2/c23-14-2-4-15(5-3-14)31-20-7-8-25-10-16(20)17-9-18(28-27-17)22(30)26-21-13-1-6-19(21)29(11-13)12-24/h2-5,7-10,13,19,21H,1,6,11H2,(H,26,30)(H,27,28)/t13?,19?,21-/m1/s1. The first-order valence-corrected chi connectivity index (χ1v) is 10.0. The number of carbonyl (C=O) groups excluding carboxylic acids is 1. The van der Waals surface area contributed by atoms with E-state index in [0.29, 0.717) is 40.9 Å². The number of hydrogen-bond acceptors (Lipinski definition) is 6. The highest BCUT2D eigenvalue weighted by atomic mass is 19.1. The zero-order chi connectivity index (χ0) is 21.4. The van der Waals surface area contributed by atoms with Crippen molar-refractivity contribution in [2.75, 3.05) is 6.54 Å². The number of aromatic nitrogens is 3. The maximum atomic E-state index is 13.2. The Morgan fingerprint density at radius 3 is 2.90 bits per heavy atom. The van der Waals surface area contributed by atoms with Crippen molar-refractivity contribution in [2.24, 2.45) is 5.92 Å². The molecule has 2 N–H and O–H groups in total. The number of fused-ring (bicyclic) bond motifs is 2. The van der Waals surface area contributed by atoms with Gasteiger partial charge in [-0.05, 0) is 55.2 Å². The summed E-state index contributed by atoms with van der Waals surface area (Å²) in [5, 5.41) is 19.3. The van der Waals surface area contributed by atoms with Crippen molar-refractivity contribution in [3.8, 4) is 28.9 Å². The zero-order valence-electron chi connectivity index (χ0n) is 16.5. The Hall–Kier alpha value is -3.93. The van der Waals surface area contributed by atoms with Gasteiger partial charge in [0.05, 0.1) is 23.3 Å². The van der Waals surface area contributed by atoms with Crippen molar-refractivity contribution in [3.05, 3.63) is 60.3 Å². The fourth-order valence-corrected chi connectivity index (χ4v) is 4.43. The van der Waals surface area contributed by atoms with Crippen LogP contribution in [0.4, 0.5) is 4.39 Å². The molecule has 1 aliphatic heterocycles. The third-order valence-electron chi connectivity index (χ3n) is 5.93. The van der Waals surface area contributed by atoms with Crippen molar-refractivity contribution in [2.45, 2.75) is 24.9 Å². The van der Waals surface area contributed by atoms with Crippen LogP contribution in [0.25, 0.3) is 11.3 Å². The lowest BCUT2D eigenvalue weighted by Gasteiger charge is -2.21. The summed E-state index contributed by atoms with van der Waals surface area (Å²) >= 11 is 0. The first-order chi connectivity index (χ1) is 15.1. The van der Waals surface area contributed by atoms with E-state index in [1.54, 1.807) is 29.4 Å². The average molecular weight is 418 g/mol. The number of likely N-dealkylation sites (tertiary alicyclic amines) is 1. The van der Waals surface area contributed by atoms with Gasteiger partial charge in [0.25, 0.3) is 5.91 Å². The molecule has 2 aromatic heterocycles. The number of hydrogen-bond donors (Lipinski definition) is 2. The van der Waals surface area contributed by atoms with Crippen LogP contribution in [0.15, 0.2) is 48.8 Å². The second-order valence-corrected chi connectivity index (χ2v) is 7.75. The van der Waals surface area contributed by atoms with Gasteiger partial charge in [0.2, 0.25) is 0 Å². The quantitative estimate of drug-likeness (QED) is 0.617. The maximum Gasteiger partial charge on any atom is 0.269 e. The molecule has 2 aliphatic rings. The Kier molecular flexibility index (Phi) is 4.75. The third kappa shape index (κ3) is 3.57. The van der Waals surface area contributed by atoms with E-state index in [1.807, 2.05) is 0 Å². The van der Waals surface area contributed by atoms with Gasteiger partial charge in [-0.25, -0.2) is 4.39 Å². The topological polar surface area (TPSA) is 107 Å². The molecule has 3 aromatic rings. The highest BCUT2D eigenvalue weighted by Gasteiger charge is 2.47. The predicted octanol–water partition coefficient (Wildman–Crippen LogP) is 3.08. The number of halogens is 1. The van der Waals surface area contributed by atoms with Gasteiger partial charge in [0.1, 0.15) is 23.0 Å². The number of carbonyl (C=O) groups is 1. The number of piperidine rings is 1. The smallest absolute Gasteiger partial charge is 0.269 e. The summed E-state index contributed by atoms with van der Waals surface area (Å²) in [7, 11) is 0. The maximum absolute atomic E-state index is 13.2. The summed E-state index contributed by atoms with van der Waals surface area (Å²) in [5.41, 5.74) is 1.42. The van der Waals surface area contributed by atoms with Crippen molar-refractivity contribution < 1.29 is 13.9 Å². The van der Waals surface area contributed by atoms with Gasteiger partial charge in [-0.1, -0.05) is 0 Å². The number of aromatic amines is 1. The van der Waals surface area contributed by atoms with Crippen molar-refractivity contribution in [1.29, 1.82) is 5.26 Å². The van der Waals surface area contributed by atoms with Gasteiger partial charge in [0, 0.05) is 18.9 Å². The van der Waals surface area contributed by atoms with E-state index in [9.17, 15) is 14.4 Å². The molecule has 1 aromatic carbocycles. The Balaban J connectivity index is 1.34. The van der Waals surface area contributed by atoms with Gasteiger partial charge in [-0.15, -0.1) is 0 Å². The van der Waals surface area contributed by atoms with Gasteiger partial charge in [-0.2, -0.15) is 10.4 Å². The molecule has 3 atom stereocenters. The molecule has 1 saturated carbocycles. The van der Waals surface area contributed by atoms with E-state index >= 15 is 0 Å². The minimum absolute atomic E-state index is 0.0327. The monoisotopic (exact) mass is 418 g/mol. The van der Waals surface area contributed by atoms with Crippen LogP contribution in [0, 0.1) is 23.2 Å². The summed E-state index contributed by atoms with van der Waals surface area (Å²) in [5.74, 6) is 0.647. The molecule has 0 spiro atoms. The largest absolute Gasteiger partial charge is 0.457 e. The number of H-pyrrole nitrogens is 1. The summed E-state index contributed by atoms with van der Waals surface area (Å²) in [4.78, 5) is 18.7. The molecule has 0 radical (unpaired) electrons. The zero-order valence-corrected chi connectivity index (χ0v) is 16.5. The summed E-state index contributed by atoms with van der Waals surface area (Å²) < 4.78 is 19.0. The third-order valence-corrected chi connectivity index (χ3v) is 5.93. The van der Waals surface area contributed by atoms with E-state index < -0.39 is 0 Å². The lowest BCUT2D eigenvalue weighted by Crippen LogP contribution is -2.42. The molecule has 1 saturated heterocycles. The first-order valence-electron chi connectivity index (χ1n) is 10.0. The highest BCUT2D eigenvalue weighted by Crippen LogP contribution is 2.37. The highest BCUT2D eigenvalue weighted by molar-refractivity contribution is 5.93. The molecule has 31 heavy (non-hydrogen) atoms. The van der Waals surface area contributed by atoms with Crippen LogP contribution in [0.2, 0.25) is 0 Å². The van der Waals surface area contributed by atoms with Crippen LogP contribution in [0.5, 0.6) is 11.5 Å². The minimum Gasteiger partial charge on any atom is -0.457 e. The van der Waals surface area contributed by atoms with E-state index in [-0.39, 0.29) is 23.8 Å². The molecule has 2 fully saturated rings. The number of ether oxygens (including phenoxy) is 1. The van der Waals surface area contributed by atoms with Crippen LogP contribution in [0.1, 0.15) is 23.3 Å². The number of nitriles is 1. The number of nitrogens with zero attached hydrogens (tertiary/aromatic N) is 4. The van der Waals surface area contributed by atoms with Crippen molar-refractivity contribution >= 4 is 5.91 Å². The first kappa shape index (κ1) is 19.1. The molecule has 1 amide bonds. The fourth-order valence-electron chi connectivity index (χ4n) is 4.43. The Morgan fingerprint density at radius 1 is 1.29 bits per heavy atom. The fraction of sp³-hybridized carbons (Fsp3) is 0.273. The molecule has 1 aliphatic carbocycles. The molecular formula is C22H19FN6O2. The molecule has 3 heterocycles. The van der Waals surface area contributed by atoms with Gasteiger partial charge >= 0.3 is 0 Å². The van der Waals surface area contributed by atoms with E-state index in [1.165, 1.54) is 24.3 Å².